The van der Waals surface area contributed by atoms with Crippen molar-refractivity contribution < 1.29 is 19.4 Å². The molecule has 0 unspecified atom stereocenters. The zero-order valence-electron chi connectivity index (χ0n) is 16.0. The molecule has 1 fully saturated rings. The summed E-state index contributed by atoms with van der Waals surface area (Å²) in [5.41, 5.74) is 2.39. The van der Waals surface area contributed by atoms with Crippen molar-refractivity contribution in [2.75, 3.05) is 0 Å². The largest absolute Gasteiger partial charge is 0.448 e. The van der Waals surface area contributed by atoms with Crippen molar-refractivity contribution in [1.82, 2.24) is 9.88 Å². The van der Waals surface area contributed by atoms with Crippen molar-refractivity contribution in [3.05, 3.63) is 22.5 Å². The molecule has 4 atom stereocenters. The number of aromatic nitrogens is 1. The molecule has 6 nitrogen and oxygen atoms in total. The Hall–Kier alpha value is -1.82. The fourth-order valence-electron chi connectivity index (χ4n) is 3.93. The Morgan fingerprint density at radius 3 is 2.24 bits per heavy atom. The molecule has 2 heterocycles. The Labute approximate surface area is 149 Å². The number of aliphatic hydroxyl groups excluding tert-OH is 1. The molecular formula is C19H30N2O4. The highest BCUT2D eigenvalue weighted by Gasteiger charge is 2.34. The molecule has 0 spiro atoms. The van der Waals surface area contributed by atoms with Gasteiger partial charge in [-0.3, -0.25) is 4.79 Å². The van der Waals surface area contributed by atoms with Gasteiger partial charge in [0.25, 0.3) is 5.91 Å². The zero-order valence-corrected chi connectivity index (χ0v) is 16.0. The number of hydrogen-bond donors (Lipinski definition) is 2. The summed E-state index contributed by atoms with van der Waals surface area (Å²) in [5, 5.41) is 9.85. The maximum atomic E-state index is 12.7. The van der Waals surface area contributed by atoms with Gasteiger partial charge >= 0.3 is 5.97 Å². The number of H-pyrrole nitrogens is 1. The van der Waals surface area contributed by atoms with E-state index in [4.69, 9.17) is 4.74 Å². The molecule has 2 rings (SSSR count). The van der Waals surface area contributed by atoms with Crippen LogP contribution in [0.25, 0.3) is 0 Å². The van der Waals surface area contributed by atoms with Crippen molar-refractivity contribution >= 4 is 11.9 Å². The summed E-state index contributed by atoms with van der Waals surface area (Å²) in [6, 6.07) is 0.322. The molecule has 140 valence electrons. The van der Waals surface area contributed by atoms with Crippen LogP contribution in [0.5, 0.6) is 0 Å². The minimum Gasteiger partial charge on any atom is -0.448 e. The number of aromatic amines is 1. The number of rotatable bonds is 4. The van der Waals surface area contributed by atoms with Crippen molar-refractivity contribution in [3.63, 3.8) is 0 Å². The molecule has 0 saturated carbocycles. The highest BCUT2D eigenvalue weighted by molar-refractivity contribution is 5.92. The molecule has 1 saturated heterocycles. The second-order valence-corrected chi connectivity index (χ2v) is 7.26. The molecule has 25 heavy (non-hydrogen) atoms. The molecule has 1 aliphatic rings. The van der Waals surface area contributed by atoms with Gasteiger partial charge in [0.1, 0.15) is 5.69 Å². The Morgan fingerprint density at radius 1 is 1.20 bits per heavy atom. The lowest BCUT2D eigenvalue weighted by Crippen LogP contribution is -2.51. The number of likely N-dealkylation sites (tertiary alicyclic amines) is 1. The van der Waals surface area contributed by atoms with Crippen molar-refractivity contribution in [2.24, 2.45) is 0 Å². The number of carbonyl (C=O) groups is 2. The van der Waals surface area contributed by atoms with Crippen LogP contribution in [-0.4, -0.2) is 45.1 Å². The van der Waals surface area contributed by atoms with E-state index in [1.165, 1.54) is 0 Å². The Morgan fingerprint density at radius 2 is 1.76 bits per heavy atom. The predicted octanol–water partition coefficient (Wildman–Crippen LogP) is 3.02. The Kier molecular flexibility index (Phi) is 5.93. The van der Waals surface area contributed by atoms with Crippen molar-refractivity contribution in [3.8, 4) is 0 Å². The van der Waals surface area contributed by atoms with E-state index in [9.17, 15) is 14.7 Å². The summed E-state index contributed by atoms with van der Waals surface area (Å²) in [5.74, 6) is -0.713. The van der Waals surface area contributed by atoms with E-state index in [0.717, 1.165) is 25.0 Å². The maximum Gasteiger partial charge on any atom is 0.355 e. The quantitative estimate of drug-likeness (QED) is 0.818. The average molecular weight is 350 g/mol. The summed E-state index contributed by atoms with van der Waals surface area (Å²) < 4.78 is 5.43. The van der Waals surface area contributed by atoms with E-state index in [-0.39, 0.29) is 18.0 Å². The van der Waals surface area contributed by atoms with Gasteiger partial charge < -0.3 is 19.7 Å². The van der Waals surface area contributed by atoms with Gasteiger partial charge in [-0.1, -0.05) is 0 Å². The lowest BCUT2D eigenvalue weighted by atomic mass is 9.97. The SMILES string of the molecule is Cc1[nH]c(C(=O)O[C@@H](C)C(=O)N2[C@@H](C)CCC[C@@H]2C)c(C)c1[C@@H](C)O. The van der Waals surface area contributed by atoms with Crippen LogP contribution in [0.4, 0.5) is 0 Å². The summed E-state index contributed by atoms with van der Waals surface area (Å²) >= 11 is 0. The van der Waals surface area contributed by atoms with Crippen LogP contribution in [0.2, 0.25) is 0 Å². The van der Waals surface area contributed by atoms with E-state index in [0.29, 0.717) is 16.8 Å². The van der Waals surface area contributed by atoms with Crippen LogP contribution < -0.4 is 0 Å². The van der Waals surface area contributed by atoms with Crippen LogP contribution in [0.15, 0.2) is 0 Å². The Balaban J connectivity index is 2.12. The second kappa shape index (κ2) is 7.60. The van der Waals surface area contributed by atoms with Gasteiger partial charge in [0, 0.05) is 23.3 Å². The molecule has 2 N–H and O–H groups in total. The molecular weight excluding hydrogens is 320 g/mol. The van der Waals surface area contributed by atoms with Gasteiger partial charge in [-0.2, -0.15) is 0 Å². The van der Waals surface area contributed by atoms with Gasteiger partial charge in [-0.25, -0.2) is 4.79 Å². The molecule has 1 aliphatic heterocycles. The number of aliphatic hydroxyl groups is 1. The first kappa shape index (κ1) is 19.5. The summed E-state index contributed by atoms with van der Waals surface area (Å²) in [4.78, 5) is 30.1. The van der Waals surface area contributed by atoms with E-state index >= 15 is 0 Å². The maximum absolute atomic E-state index is 12.7. The van der Waals surface area contributed by atoms with E-state index < -0.39 is 18.2 Å². The number of hydrogen-bond acceptors (Lipinski definition) is 4. The summed E-state index contributed by atoms with van der Waals surface area (Å²) in [6.07, 6.45) is 1.55. The van der Waals surface area contributed by atoms with Gasteiger partial charge in [0.05, 0.1) is 6.10 Å². The van der Waals surface area contributed by atoms with E-state index in [1.54, 1.807) is 27.7 Å². The first-order valence-corrected chi connectivity index (χ1v) is 9.05. The number of nitrogens with zero attached hydrogens (tertiary/aromatic N) is 1. The minimum absolute atomic E-state index is 0.148. The lowest BCUT2D eigenvalue weighted by Gasteiger charge is -2.40. The third kappa shape index (κ3) is 3.89. The molecule has 0 aromatic carbocycles. The van der Waals surface area contributed by atoms with Crippen molar-refractivity contribution in [1.29, 1.82) is 0 Å². The number of carbonyl (C=O) groups excluding carboxylic acids is 2. The smallest absolute Gasteiger partial charge is 0.355 e. The minimum atomic E-state index is -0.839. The third-order valence-corrected chi connectivity index (χ3v) is 5.20. The zero-order chi connectivity index (χ0) is 18.9. The topological polar surface area (TPSA) is 82.6 Å². The van der Waals surface area contributed by atoms with Crippen molar-refractivity contribution in [2.45, 2.75) is 85.1 Å². The number of amides is 1. The Bertz CT molecular complexity index is 640. The van der Waals surface area contributed by atoms with Crippen LogP contribution in [-0.2, 0) is 9.53 Å². The standard InChI is InChI=1S/C19H30N2O4/c1-10-8-7-9-11(2)21(10)18(23)15(6)25-19(24)17-12(3)16(14(5)22)13(4)20-17/h10-11,14-15,20,22H,7-9H2,1-6H3/t10-,11-,14+,15-/m0/s1. The van der Waals surface area contributed by atoms with Gasteiger partial charge in [0.2, 0.25) is 0 Å². The monoisotopic (exact) mass is 350 g/mol. The number of esters is 1. The predicted molar refractivity (Wildman–Crippen MR) is 95.4 cm³/mol. The number of aryl methyl sites for hydroxylation is 1. The highest BCUT2D eigenvalue weighted by atomic mass is 16.5. The van der Waals surface area contributed by atoms with Gasteiger partial charge in [-0.15, -0.1) is 0 Å². The molecule has 1 aromatic rings. The number of piperidine rings is 1. The number of ether oxygens (including phenoxy) is 1. The molecule has 1 aromatic heterocycles. The molecule has 0 bridgehead atoms. The second-order valence-electron chi connectivity index (χ2n) is 7.26. The lowest BCUT2D eigenvalue weighted by molar-refractivity contribution is -0.146. The van der Waals surface area contributed by atoms with Crippen LogP contribution in [0.1, 0.15) is 80.4 Å². The number of nitrogens with one attached hydrogen (secondary N) is 1. The van der Waals surface area contributed by atoms with Gasteiger partial charge in [0.15, 0.2) is 6.10 Å². The third-order valence-electron chi connectivity index (χ3n) is 5.20. The molecule has 0 radical (unpaired) electrons. The van der Waals surface area contributed by atoms with Gasteiger partial charge in [-0.05, 0) is 66.4 Å². The van der Waals surface area contributed by atoms with E-state index in [1.807, 2.05) is 18.7 Å². The van der Waals surface area contributed by atoms with Crippen LogP contribution in [0, 0.1) is 13.8 Å². The average Bonchev–Trinajstić information content (AvgIpc) is 2.81. The fraction of sp³-hybridized carbons (Fsp3) is 0.684. The molecule has 6 heteroatoms. The first-order chi connectivity index (χ1) is 11.6. The first-order valence-electron chi connectivity index (χ1n) is 9.05. The normalized spacial score (nSPS) is 23.2. The summed E-state index contributed by atoms with van der Waals surface area (Å²) in [6.45, 7) is 10.9. The fourth-order valence-corrected chi connectivity index (χ4v) is 3.93. The molecule has 1 amide bonds. The molecule has 0 aliphatic carbocycles. The van der Waals surface area contributed by atoms with Crippen LogP contribution >= 0.6 is 0 Å². The summed E-state index contributed by atoms with van der Waals surface area (Å²) in [7, 11) is 0. The van der Waals surface area contributed by atoms with Crippen LogP contribution in [0.3, 0.4) is 0 Å². The highest BCUT2D eigenvalue weighted by Crippen LogP contribution is 2.26. The van der Waals surface area contributed by atoms with E-state index in [2.05, 4.69) is 4.98 Å².